The summed E-state index contributed by atoms with van der Waals surface area (Å²) in [6, 6.07) is 14.8. The highest BCUT2D eigenvalue weighted by Crippen LogP contribution is 2.42. The van der Waals surface area contributed by atoms with Crippen LogP contribution < -0.4 is 10.6 Å². The average molecular weight is 554 g/mol. The summed E-state index contributed by atoms with van der Waals surface area (Å²) in [7, 11) is 0. The van der Waals surface area contributed by atoms with E-state index >= 15 is 0 Å². The molecule has 2 fully saturated rings. The van der Waals surface area contributed by atoms with Crippen LogP contribution in [-0.2, 0) is 25.6 Å². The highest BCUT2D eigenvalue weighted by molar-refractivity contribution is 5.91. The Balaban J connectivity index is 1.51. The molecule has 4 unspecified atom stereocenters. The Morgan fingerprint density at radius 3 is 2.42 bits per heavy atom. The normalized spacial score (nSPS) is 24.0. The van der Waals surface area contributed by atoms with Gasteiger partial charge in [0.1, 0.15) is 6.54 Å². The summed E-state index contributed by atoms with van der Waals surface area (Å²) in [6.07, 6.45) is 5.41. The minimum absolute atomic E-state index is 0.00215. The molecule has 2 aliphatic rings. The van der Waals surface area contributed by atoms with Crippen molar-refractivity contribution >= 4 is 17.7 Å². The molecule has 2 heterocycles. The Kier molecular flexibility index (Phi) is 11.3. The van der Waals surface area contributed by atoms with Gasteiger partial charge in [-0.15, -0.1) is 0 Å². The summed E-state index contributed by atoms with van der Waals surface area (Å²) >= 11 is 0. The van der Waals surface area contributed by atoms with Crippen LogP contribution in [0.4, 0.5) is 10.5 Å². The number of ether oxygens (including phenoxy) is 3. The second kappa shape index (κ2) is 15.1. The van der Waals surface area contributed by atoms with Crippen molar-refractivity contribution in [2.75, 3.05) is 38.1 Å². The number of rotatable bonds is 9. The first-order valence-electron chi connectivity index (χ1n) is 14.5. The SMILES string of the molecule is CCOC(=O)CNC(=O)Nc1cccc(C2OC(CN3CCCCCCC3)C(C)C(c3ccc(CO)cc3)O2)c1. The maximum atomic E-state index is 12.4. The Morgan fingerprint density at radius 1 is 1.00 bits per heavy atom. The molecule has 2 aromatic carbocycles. The molecule has 3 N–H and O–H groups in total. The maximum Gasteiger partial charge on any atom is 0.325 e. The summed E-state index contributed by atoms with van der Waals surface area (Å²) in [5.41, 5.74) is 3.26. The Labute approximate surface area is 237 Å². The molecular formula is C31H43N3O6. The number of esters is 1. The molecule has 9 nitrogen and oxygen atoms in total. The lowest BCUT2D eigenvalue weighted by Gasteiger charge is -2.43. The van der Waals surface area contributed by atoms with Crippen molar-refractivity contribution in [2.45, 2.75) is 71.1 Å². The average Bonchev–Trinajstić information content (AvgIpc) is 2.94. The molecule has 0 aromatic heterocycles. The zero-order chi connectivity index (χ0) is 28.3. The molecule has 0 radical (unpaired) electrons. The number of carbonyl (C=O) groups excluding carboxylic acids is 2. The van der Waals surface area contributed by atoms with E-state index in [1.807, 2.05) is 42.5 Å². The van der Waals surface area contributed by atoms with Crippen LogP contribution in [0.5, 0.6) is 0 Å². The molecule has 2 saturated heterocycles. The number of carbonyl (C=O) groups is 2. The van der Waals surface area contributed by atoms with Crippen molar-refractivity contribution in [1.29, 1.82) is 0 Å². The summed E-state index contributed by atoms with van der Waals surface area (Å²) < 4.78 is 18.1. The van der Waals surface area contributed by atoms with Crippen LogP contribution in [0.15, 0.2) is 48.5 Å². The van der Waals surface area contributed by atoms with Crippen molar-refractivity contribution in [1.82, 2.24) is 10.2 Å². The zero-order valence-electron chi connectivity index (χ0n) is 23.6. The van der Waals surface area contributed by atoms with Gasteiger partial charge in [-0.1, -0.05) is 62.6 Å². The van der Waals surface area contributed by atoms with E-state index < -0.39 is 18.3 Å². The van der Waals surface area contributed by atoms with E-state index in [2.05, 4.69) is 22.5 Å². The standard InChI is InChI=1S/C31H43N3O6/c1-3-38-28(36)19-32-31(37)33-26-11-9-10-25(18-26)30-39-27(20-34-16-7-5-4-6-8-17-34)22(2)29(40-30)24-14-12-23(21-35)13-15-24/h9-15,18,22,27,29-30,35H,3-8,16-17,19-21H2,1-2H3,(H2,32,33,37). The van der Waals surface area contributed by atoms with Crippen LogP contribution >= 0.6 is 0 Å². The van der Waals surface area contributed by atoms with Crippen LogP contribution in [0.2, 0.25) is 0 Å². The lowest BCUT2D eigenvalue weighted by Crippen LogP contribution is -2.45. The van der Waals surface area contributed by atoms with Gasteiger partial charge in [0, 0.05) is 23.7 Å². The number of urea groups is 1. The smallest absolute Gasteiger partial charge is 0.325 e. The van der Waals surface area contributed by atoms with E-state index in [9.17, 15) is 14.7 Å². The van der Waals surface area contributed by atoms with Crippen molar-refractivity contribution in [3.05, 3.63) is 65.2 Å². The first kappa shape index (κ1) is 30.0. The second-order valence-electron chi connectivity index (χ2n) is 10.6. The van der Waals surface area contributed by atoms with Gasteiger partial charge in [0.25, 0.3) is 0 Å². The van der Waals surface area contributed by atoms with Gasteiger partial charge < -0.3 is 34.9 Å². The van der Waals surface area contributed by atoms with E-state index in [0.29, 0.717) is 5.69 Å². The minimum Gasteiger partial charge on any atom is -0.465 e. The molecule has 9 heteroatoms. The fourth-order valence-electron chi connectivity index (χ4n) is 5.38. The third kappa shape index (κ3) is 8.51. The number of benzene rings is 2. The van der Waals surface area contributed by atoms with Gasteiger partial charge in [-0.3, -0.25) is 4.79 Å². The van der Waals surface area contributed by atoms with E-state index in [4.69, 9.17) is 14.2 Å². The molecule has 2 amide bonds. The Hall–Kier alpha value is -2.98. The first-order chi connectivity index (χ1) is 19.5. The number of nitrogens with zero attached hydrogens (tertiary/aromatic N) is 1. The number of anilines is 1. The third-order valence-electron chi connectivity index (χ3n) is 7.63. The Bertz CT molecular complexity index is 1090. The van der Waals surface area contributed by atoms with Crippen LogP contribution in [0, 0.1) is 5.92 Å². The van der Waals surface area contributed by atoms with Crippen LogP contribution in [0.1, 0.15) is 75.0 Å². The summed E-state index contributed by atoms with van der Waals surface area (Å²) in [5.74, 6) is -0.384. The van der Waals surface area contributed by atoms with Crippen molar-refractivity contribution in [3.8, 4) is 0 Å². The predicted molar refractivity (Wildman–Crippen MR) is 153 cm³/mol. The van der Waals surface area contributed by atoms with E-state index in [-0.39, 0.29) is 37.9 Å². The summed E-state index contributed by atoms with van der Waals surface area (Å²) in [4.78, 5) is 26.4. The van der Waals surface area contributed by atoms with E-state index in [1.54, 1.807) is 13.0 Å². The molecule has 218 valence electrons. The number of aliphatic hydroxyl groups is 1. The number of nitrogens with one attached hydrogen (secondary N) is 2. The third-order valence-corrected chi connectivity index (χ3v) is 7.63. The number of hydrogen-bond acceptors (Lipinski definition) is 7. The highest BCUT2D eigenvalue weighted by atomic mass is 16.7. The van der Waals surface area contributed by atoms with Gasteiger partial charge in [0.05, 0.1) is 25.4 Å². The number of hydrogen-bond donors (Lipinski definition) is 3. The minimum atomic E-state index is -0.622. The molecular weight excluding hydrogens is 510 g/mol. The lowest BCUT2D eigenvalue weighted by atomic mass is 9.89. The Morgan fingerprint density at radius 2 is 1.73 bits per heavy atom. The molecule has 2 aliphatic heterocycles. The first-order valence-corrected chi connectivity index (χ1v) is 14.5. The van der Waals surface area contributed by atoms with Crippen LogP contribution in [0.3, 0.4) is 0 Å². The monoisotopic (exact) mass is 553 g/mol. The fourth-order valence-corrected chi connectivity index (χ4v) is 5.38. The van der Waals surface area contributed by atoms with Crippen molar-refractivity contribution in [3.63, 3.8) is 0 Å². The van der Waals surface area contributed by atoms with Gasteiger partial charge >= 0.3 is 12.0 Å². The number of aliphatic hydroxyl groups excluding tert-OH is 1. The van der Waals surface area contributed by atoms with E-state index in [0.717, 1.165) is 36.3 Å². The maximum absolute atomic E-state index is 12.4. The van der Waals surface area contributed by atoms with Gasteiger partial charge in [0.2, 0.25) is 0 Å². The van der Waals surface area contributed by atoms with Crippen LogP contribution in [-0.4, -0.2) is 60.9 Å². The number of likely N-dealkylation sites (tertiary alicyclic amines) is 1. The zero-order valence-corrected chi connectivity index (χ0v) is 23.6. The fraction of sp³-hybridized carbons (Fsp3) is 0.548. The molecule has 4 atom stereocenters. The largest absolute Gasteiger partial charge is 0.465 e. The van der Waals surface area contributed by atoms with Gasteiger partial charge in [-0.2, -0.15) is 0 Å². The molecule has 0 aliphatic carbocycles. The van der Waals surface area contributed by atoms with Gasteiger partial charge in [0.15, 0.2) is 6.29 Å². The predicted octanol–water partition coefficient (Wildman–Crippen LogP) is 4.92. The van der Waals surface area contributed by atoms with Crippen LogP contribution in [0.25, 0.3) is 0 Å². The molecule has 2 aromatic rings. The molecule has 0 spiro atoms. The second-order valence-corrected chi connectivity index (χ2v) is 10.6. The summed E-state index contributed by atoms with van der Waals surface area (Å²) in [5, 5.41) is 14.8. The number of amides is 2. The van der Waals surface area contributed by atoms with Gasteiger partial charge in [-0.05, 0) is 56.1 Å². The quantitative estimate of drug-likeness (QED) is 0.378. The van der Waals surface area contributed by atoms with E-state index in [1.165, 1.54) is 32.1 Å². The lowest BCUT2D eigenvalue weighted by molar-refractivity contribution is -0.276. The molecule has 0 bridgehead atoms. The van der Waals surface area contributed by atoms with Crippen molar-refractivity contribution in [2.24, 2.45) is 5.92 Å². The van der Waals surface area contributed by atoms with Crippen molar-refractivity contribution < 1.29 is 28.9 Å². The summed E-state index contributed by atoms with van der Waals surface area (Å²) in [6.45, 7) is 6.94. The molecule has 40 heavy (non-hydrogen) atoms. The topological polar surface area (TPSA) is 109 Å². The highest BCUT2D eigenvalue weighted by Gasteiger charge is 2.39. The van der Waals surface area contributed by atoms with Gasteiger partial charge in [-0.25, -0.2) is 4.79 Å². The molecule has 0 saturated carbocycles. The molecule has 4 rings (SSSR count).